The van der Waals surface area contributed by atoms with Crippen molar-refractivity contribution in [2.24, 2.45) is 0 Å². The lowest BCUT2D eigenvalue weighted by molar-refractivity contribution is 0.154. The first-order valence-corrected chi connectivity index (χ1v) is 5.20. The van der Waals surface area contributed by atoms with Crippen LogP contribution in [0.15, 0.2) is 0 Å². The second kappa shape index (κ2) is 4.29. The van der Waals surface area contributed by atoms with E-state index in [0.717, 1.165) is 0 Å². The molecule has 0 heterocycles. The summed E-state index contributed by atoms with van der Waals surface area (Å²) in [5, 5.41) is 0. The van der Waals surface area contributed by atoms with Crippen LogP contribution in [-0.2, 0) is 13.6 Å². The van der Waals surface area contributed by atoms with Crippen LogP contribution in [0.5, 0.6) is 0 Å². The molecule has 0 aliphatic rings. The Kier molecular flexibility index (Phi) is 4.38. The van der Waals surface area contributed by atoms with E-state index < -0.39 is 7.47 Å². The molecule has 0 aliphatic carbocycles. The summed E-state index contributed by atoms with van der Waals surface area (Å²) in [6.45, 7) is 7.01. The van der Waals surface area contributed by atoms with Crippen LogP contribution in [0.3, 0.4) is 0 Å². The molecule has 65 valence electrons. The molecule has 0 aromatic heterocycles. The van der Waals surface area contributed by atoms with Crippen LogP contribution in [0.2, 0.25) is 0 Å². The molecule has 0 aromatic carbocycles. The molecule has 0 amide bonds. The van der Waals surface area contributed by atoms with Gasteiger partial charge in [0.2, 0.25) is 0 Å². The van der Waals surface area contributed by atoms with Crippen molar-refractivity contribution in [1.29, 1.82) is 0 Å². The van der Waals surface area contributed by atoms with E-state index in [4.69, 9.17) is 16.6 Å². The molecule has 5 heteroatoms. The van der Waals surface area contributed by atoms with Crippen molar-refractivity contribution < 1.29 is 13.6 Å². The quantitative estimate of drug-likeness (QED) is 0.486. The molecule has 0 fully saturated rings. The molecule has 11 heavy (non-hydrogen) atoms. The standard InChI is InChI=1S/C6H14BO3P/c1-5(2)9-11(7,8)10-6(3)4/h5-6H,1-4H3/q-1. The van der Waals surface area contributed by atoms with Gasteiger partial charge in [-0.3, -0.25) is 0 Å². The first-order chi connectivity index (χ1) is 4.83. The zero-order chi connectivity index (χ0) is 9.07. The van der Waals surface area contributed by atoms with Crippen molar-refractivity contribution in [2.45, 2.75) is 39.9 Å². The Morgan fingerprint density at radius 1 is 1.09 bits per heavy atom. The molecule has 0 aliphatic heterocycles. The fourth-order valence-corrected chi connectivity index (χ4v) is 1.84. The molecule has 0 saturated carbocycles. The highest BCUT2D eigenvalue weighted by molar-refractivity contribution is 7.79. The van der Waals surface area contributed by atoms with Gasteiger partial charge < -0.3 is 21.2 Å². The average molecular weight is 176 g/mol. The average Bonchev–Trinajstić information content (AvgIpc) is 1.53. The lowest BCUT2D eigenvalue weighted by Crippen LogP contribution is -2.07. The van der Waals surface area contributed by atoms with Crippen LogP contribution in [-0.4, -0.2) is 19.8 Å². The van der Waals surface area contributed by atoms with E-state index in [1.807, 2.05) is 0 Å². The third-order valence-electron chi connectivity index (χ3n) is 0.715. The SMILES string of the molecule is [B-]P(=O)(OC(C)C)OC(C)C. The lowest BCUT2D eigenvalue weighted by atomic mass is 10.5. The van der Waals surface area contributed by atoms with Crippen LogP contribution in [0.4, 0.5) is 0 Å². The maximum Gasteiger partial charge on any atom is 0.0580 e. The third-order valence-corrected chi connectivity index (χ3v) is 2.15. The van der Waals surface area contributed by atoms with Crippen molar-refractivity contribution in [3.05, 3.63) is 0 Å². The predicted molar refractivity (Wildman–Crippen MR) is 45.8 cm³/mol. The predicted octanol–water partition coefficient (Wildman–Crippen LogP) is 2.11. The van der Waals surface area contributed by atoms with Crippen LogP contribution >= 0.6 is 7.47 Å². The summed E-state index contributed by atoms with van der Waals surface area (Å²) in [4.78, 5) is 0. The minimum absolute atomic E-state index is 0.176. The minimum Gasteiger partial charge on any atom is -0.444 e. The van der Waals surface area contributed by atoms with Crippen LogP contribution in [0, 0.1) is 0 Å². The normalized spacial score (nSPS) is 13.0. The van der Waals surface area contributed by atoms with Gasteiger partial charge >= 0.3 is 0 Å². The number of hydrogen-bond acceptors (Lipinski definition) is 3. The van der Waals surface area contributed by atoms with Crippen LogP contribution in [0.25, 0.3) is 0 Å². The Balaban J connectivity index is 3.91. The van der Waals surface area contributed by atoms with E-state index >= 15 is 0 Å². The van der Waals surface area contributed by atoms with Crippen LogP contribution < -0.4 is 0 Å². The van der Waals surface area contributed by atoms with E-state index in [1.54, 1.807) is 27.7 Å². The highest BCUT2D eigenvalue weighted by Gasteiger charge is 2.06. The van der Waals surface area contributed by atoms with Gasteiger partial charge in [-0.2, -0.15) is 0 Å². The molecule has 0 unspecified atom stereocenters. The highest BCUT2D eigenvalue weighted by atomic mass is 31.2. The fraction of sp³-hybridized carbons (Fsp3) is 1.00. The molecular weight excluding hydrogens is 162 g/mol. The summed E-state index contributed by atoms with van der Waals surface area (Å²) in [6, 6.07) is 0. The van der Waals surface area contributed by atoms with Gasteiger partial charge in [-0.05, 0) is 27.7 Å². The monoisotopic (exact) mass is 176 g/mol. The van der Waals surface area contributed by atoms with E-state index in [2.05, 4.69) is 0 Å². The molecule has 0 bridgehead atoms. The summed E-state index contributed by atoms with van der Waals surface area (Å²) in [5.74, 6) is 0. The van der Waals surface area contributed by atoms with E-state index in [0.29, 0.717) is 0 Å². The van der Waals surface area contributed by atoms with Crippen molar-refractivity contribution in [3.8, 4) is 0 Å². The van der Waals surface area contributed by atoms with Crippen molar-refractivity contribution >= 4 is 15.0 Å². The molecule has 0 rings (SSSR count). The van der Waals surface area contributed by atoms with E-state index in [9.17, 15) is 4.57 Å². The fourth-order valence-electron chi connectivity index (χ4n) is 0.613. The summed E-state index contributed by atoms with van der Waals surface area (Å²) in [7, 11) is 1.92. The zero-order valence-corrected chi connectivity index (χ0v) is 8.30. The van der Waals surface area contributed by atoms with Gasteiger partial charge in [0.1, 0.15) is 0 Å². The molecule has 3 radical (unpaired) electrons. The zero-order valence-electron chi connectivity index (χ0n) is 7.40. The minimum atomic E-state index is -3.30. The molecule has 0 saturated heterocycles. The van der Waals surface area contributed by atoms with Gasteiger partial charge in [0, 0.05) is 0 Å². The first-order valence-electron chi connectivity index (χ1n) is 3.59. The molecular formula is C6H14BO3P-. The molecule has 0 aromatic rings. The number of hydrogen-bond donors (Lipinski definition) is 0. The Labute approximate surface area is 69.4 Å². The maximum absolute atomic E-state index is 11.2. The number of rotatable bonds is 4. The highest BCUT2D eigenvalue weighted by Crippen LogP contribution is 2.44. The smallest absolute Gasteiger partial charge is 0.0580 e. The van der Waals surface area contributed by atoms with E-state index in [-0.39, 0.29) is 12.2 Å². The van der Waals surface area contributed by atoms with Gasteiger partial charge in [-0.25, -0.2) is 0 Å². The summed E-state index contributed by atoms with van der Waals surface area (Å²) >= 11 is 0. The van der Waals surface area contributed by atoms with Gasteiger partial charge in [0.25, 0.3) is 0 Å². The summed E-state index contributed by atoms with van der Waals surface area (Å²) < 4.78 is 20.9. The molecule has 3 nitrogen and oxygen atoms in total. The molecule has 0 spiro atoms. The van der Waals surface area contributed by atoms with Gasteiger partial charge in [0.05, 0.1) is 19.7 Å². The summed E-state index contributed by atoms with van der Waals surface area (Å²) in [6.07, 6.45) is -0.353. The lowest BCUT2D eigenvalue weighted by Gasteiger charge is -2.30. The topological polar surface area (TPSA) is 35.5 Å². The Hall–Kier alpha value is 0.215. The first kappa shape index (κ1) is 11.2. The second-order valence-corrected chi connectivity index (χ2v) is 4.35. The van der Waals surface area contributed by atoms with Crippen molar-refractivity contribution in [3.63, 3.8) is 0 Å². The van der Waals surface area contributed by atoms with Crippen molar-refractivity contribution in [2.75, 3.05) is 0 Å². The maximum atomic E-state index is 11.2. The molecule has 0 N–H and O–H groups in total. The van der Waals surface area contributed by atoms with Crippen molar-refractivity contribution in [1.82, 2.24) is 0 Å². The van der Waals surface area contributed by atoms with E-state index in [1.165, 1.54) is 0 Å². The largest absolute Gasteiger partial charge is 0.444 e. The van der Waals surface area contributed by atoms with Gasteiger partial charge in [-0.1, -0.05) is 0 Å². The third kappa shape index (κ3) is 6.61. The Bertz CT molecular complexity index is 144. The summed E-state index contributed by atoms with van der Waals surface area (Å²) in [5.41, 5.74) is 0. The Morgan fingerprint density at radius 2 is 1.36 bits per heavy atom. The second-order valence-electron chi connectivity index (χ2n) is 2.85. The van der Waals surface area contributed by atoms with Gasteiger partial charge in [-0.15, -0.1) is 0 Å². The van der Waals surface area contributed by atoms with Gasteiger partial charge in [0.15, 0.2) is 0 Å². The molecule has 0 atom stereocenters. The van der Waals surface area contributed by atoms with Crippen LogP contribution in [0.1, 0.15) is 27.7 Å². The Morgan fingerprint density at radius 3 is 1.55 bits per heavy atom.